The van der Waals surface area contributed by atoms with Gasteiger partial charge in [0.15, 0.2) is 0 Å². The molecule has 0 aromatic heterocycles. The van der Waals surface area contributed by atoms with Crippen LogP contribution in [-0.2, 0) is 4.79 Å². The van der Waals surface area contributed by atoms with E-state index < -0.39 is 12.1 Å². The van der Waals surface area contributed by atoms with Crippen LogP contribution >= 0.6 is 11.6 Å². The van der Waals surface area contributed by atoms with Crippen LogP contribution < -0.4 is 5.32 Å². The summed E-state index contributed by atoms with van der Waals surface area (Å²) in [4.78, 5) is 24.7. The highest BCUT2D eigenvalue weighted by molar-refractivity contribution is 6.30. The summed E-state index contributed by atoms with van der Waals surface area (Å²) in [6.07, 6.45) is -3.75. The van der Waals surface area contributed by atoms with E-state index in [9.17, 15) is 22.8 Å². The number of halogens is 4. The second-order valence-corrected chi connectivity index (χ2v) is 5.89. The Hall–Kier alpha value is -1.76. The minimum absolute atomic E-state index is 0.0265. The van der Waals surface area contributed by atoms with E-state index in [0.29, 0.717) is 36.5 Å². The van der Waals surface area contributed by atoms with Crippen molar-refractivity contribution in [1.29, 1.82) is 0 Å². The Morgan fingerprint density at radius 1 is 1.17 bits per heavy atom. The van der Waals surface area contributed by atoms with Gasteiger partial charge >= 0.3 is 12.1 Å². The molecule has 1 aromatic rings. The van der Waals surface area contributed by atoms with Gasteiger partial charge in [-0.3, -0.25) is 9.59 Å². The summed E-state index contributed by atoms with van der Waals surface area (Å²) in [6, 6.07) is 6.54. The molecular formula is C15H16ClF3N2O2. The fourth-order valence-corrected chi connectivity index (χ4v) is 2.58. The van der Waals surface area contributed by atoms with Crippen LogP contribution in [0.2, 0.25) is 5.02 Å². The molecule has 0 radical (unpaired) electrons. The van der Waals surface area contributed by atoms with Gasteiger partial charge in [-0.05, 0) is 43.0 Å². The molecule has 126 valence electrons. The molecule has 4 nitrogen and oxygen atoms in total. The molecule has 1 N–H and O–H groups in total. The van der Waals surface area contributed by atoms with Crippen LogP contribution in [0.15, 0.2) is 24.3 Å². The Labute approximate surface area is 136 Å². The first kappa shape index (κ1) is 17.6. The van der Waals surface area contributed by atoms with Gasteiger partial charge in [-0.2, -0.15) is 13.2 Å². The third-order valence-corrected chi connectivity index (χ3v) is 4.05. The molecule has 0 unspecified atom stereocenters. The van der Waals surface area contributed by atoms with E-state index in [0.717, 1.165) is 0 Å². The zero-order valence-corrected chi connectivity index (χ0v) is 13.0. The monoisotopic (exact) mass is 348 g/mol. The van der Waals surface area contributed by atoms with E-state index in [4.69, 9.17) is 11.6 Å². The highest BCUT2D eigenvalue weighted by atomic mass is 35.5. The Kier molecular flexibility index (Phi) is 5.51. The minimum Gasteiger partial charge on any atom is -0.348 e. The van der Waals surface area contributed by atoms with E-state index in [2.05, 4.69) is 0 Å². The molecular weight excluding hydrogens is 333 g/mol. The first-order chi connectivity index (χ1) is 10.8. The van der Waals surface area contributed by atoms with Crippen molar-refractivity contribution in [2.45, 2.75) is 19.0 Å². The molecule has 2 rings (SSSR count). The number of hydrogen-bond donors (Lipinski definition) is 1. The van der Waals surface area contributed by atoms with Gasteiger partial charge in [0.2, 0.25) is 0 Å². The maximum atomic E-state index is 12.3. The van der Waals surface area contributed by atoms with Gasteiger partial charge < -0.3 is 10.2 Å². The molecule has 1 aromatic carbocycles. The van der Waals surface area contributed by atoms with Crippen LogP contribution in [0.3, 0.4) is 0 Å². The molecule has 0 bridgehead atoms. The molecule has 0 saturated carbocycles. The highest BCUT2D eigenvalue weighted by Crippen LogP contribution is 2.20. The first-order valence-electron chi connectivity index (χ1n) is 7.17. The van der Waals surface area contributed by atoms with Crippen molar-refractivity contribution in [3.05, 3.63) is 34.9 Å². The summed E-state index contributed by atoms with van der Waals surface area (Å²) in [5.74, 6) is -2.10. The summed E-state index contributed by atoms with van der Waals surface area (Å²) < 4.78 is 36.3. The Morgan fingerprint density at radius 3 is 2.26 bits per heavy atom. The standard InChI is InChI=1S/C15H16ClF3N2O2/c16-12-3-1-11(2-4-12)13(22)21-7-5-10(6-8-21)9-20-14(23)15(17,18)19/h1-4,10H,5-9H2,(H,20,23). The number of hydrogen-bond acceptors (Lipinski definition) is 2. The summed E-state index contributed by atoms with van der Waals surface area (Å²) in [6.45, 7) is 0.878. The third kappa shape index (κ3) is 4.86. The van der Waals surface area contributed by atoms with Gasteiger partial charge in [-0.25, -0.2) is 0 Å². The summed E-state index contributed by atoms with van der Waals surface area (Å²) in [5, 5.41) is 2.43. The van der Waals surface area contributed by atoms with Crippen molar-refractivity contribution in [1.82, 2.24) is 10.2 Å². The van der Waals surface area contributed by atoms with Gasteiger partial charge in [0, 0.05) is 30.2 Å². The molecule has 23 heavy (non-hydrogen) atoms. The molecule has 1 aliphatic rings. The average molecular weight is 349 g/mol. The van der Waals surface area contributed by atoms with Crippen molar-refractivity contribution in [3.63, 3.8) is 0 Å². The Morgan fingerprint density at radius 2 is 1.74 bits per heavy atom. The van der Waals surface area contributed by atoms with Crippen molar-refractivity contribution < 1.29 is 22.8 Å². The number of amides is 2. The Bertz CT molecular complexity index is 567. The summed E-state index contributed by atoms with van der Waals surface area (Å²) in [7, 11) is 0. The number of carbonyl (C=O) groups excluding carboxylic acids is 2. The lowest BCUT2D eigenvalue weighted by Gasteiger charge is -2.32. The van der Waals surface area contributed by atoms with E-state index in [1.165, 1.54) is 0 Å². The quantitative estimate of drug-likeness (QED) is 0.913. The maximum absolute atomic E-state index is 12.3. The van der Waals surface area contributed by atoms with Gasteiger partial charge in [0.25, 0.3) is 5.91 Å². The van der Waals surface area contributed by atoms with E-state index >= 15 is 0 Å². The molecule has 0 atom stereocenters. The zero-order valence-electron chi connectivity index (χ0n) is 12.2. The number of alkyl halides is 3. The van der Waals surface area contributed by atoms with Crippen molar-refractivity contribution >= 4 is 23.4 Å². The molecule has 2 amide bonds. The van der Waals surface area contributed by atoms with Crippen molar-refractivity contribution in [2.75, 3.05) is 19.6 Å². The van der Waals surface area contributed by atoms with E-state index in [1.54, 1.807) is 29.2 Å². The van der Waals surface area contributed by atoms with Crippen molar-refractivity contribution in [3.8, 4) is 0 Å². The number of rotatable bonds is 3. The number of nitrogens with one attached hydrogen (secondary N) is 1. The van der Waals surface area contributed by atoms with Gasteiger partial charge in [0.05, 0.1) is 0 Å². The molecule has 0 aliphatic carbocycles. The lowest BCUT2D eigenvalue weighted by molar-refractivity contribution is -0.173. The van der Waals surface area contributed by atoms with Crippen LogP contribution in [-0.4, -0.2) is 42.5 Å². The molecule has 1 aliphatic heterocycles. The predicted molar refractivity (Wildman–Crippen MR) is 79.1 cm³/mol. The lowest BCUT2D eigenvalue weighted by atomic mass is 9.96. The SMILES string of the molecule is O=C(c1ccc(Cl)cc1)N1CCC(CNC(=O)C(F)(F)F)CC1. The average Bonchev–Trinajstić information content (AvgIpc) is 2.52. The third-order valence-electron chi connectivity index (χ3n) is 3.80. The van der Waals surface area contributed by atoms with Gasteiger partial charge in [-0.1, -0.05) is 11.6 Å². The molecule has 1 heterocycles. The summed E-state index contributed by atoms with van der Waals surface area (Å²) in [5.41, 5.74) is 0.526. The lowest BCUT2D eigenvalue weighted by Crippen LogP contribution is -2.44. The molecule has 1 fully saturated rings. The maximum Gasteiger partial charge on any atom is 0.471 e. The smallest absolute Gasteiger partial charge is 0.348 e. The largest absolute Gasteiger partial charge is 0.471 e. The van der Waals surface area contributed by atoms with Crippen LogP contribution in [0.4, 0.5) is 13.2 Å². The predicted octanol–water partition coefficient (Wildman–Crippen LogP) is 2.87. The van der Waals surface area contributed by atoms with Crippen LogP contribution in [0.1, 0.15) is 23.2 Å². The van der Waals surface area contributed by atoms with Gasteiger partial charge in [-0.15, -0.1) is 0 Å². The minimum atomic E-state index is -4.86. The van der Waals surface area contributed by atoms with E-state index in [1.807, 2.05) is 5.32 Å². The molecule has 1 saturated heterocycles. The van der Waals surface area contributed by atoms with E-state index in [-0.39, 0.29) is 18.4 Å². The summed E-state index contributed by atoms with van der Waals surface area (Å²) >= 11 is 5.77. The Balaban J connectivity index is 1.81. The second-order valence-electron chi connectivity index (χ2n) is 5.45. The normalized spacial score (nSPS) is 16.3. The van der Waals surface area contributed by atoms with Gasteiger partial charge in [0.1, 0.15) is 0 Å². The highest BCUT2D eigenvalue weighted by Gasteiger charge is 2.38. The topological polar surface area (TPSA) is 49.4 Å². The molecule has 8 heteroatoms. The number of nitrogens with zero attached hydrogens (tertiary/aromatic N) is 1. The molecule has 0 spiro atoms. The van der Waals surface area contributed by atoms with Crippen LogP contribution in [0.5, 0.6) is 0 Å². The second kappa shape index (κ2) is 7.21. The number of likely N-dealkylation sites (tertiary alicyclic amines) is 1. The zero-order chi connectivity index (χ0) is 17.0. The van der Waals surface area contributed by atoms with Crippen LogP contribution in [0.25, 0.3) is 0 Å². The number of piperidine rings is 1. The van der Waals surface area contributed by atoms with Crippen LogP contribution in [0, 0.1) is 5.92 Å². The first-order valence-corrected chi connectivity index (χ1v) is 7.55. The fraction of sp³-hybridized carbons (Fsp3) is 0.467. The number of carbonyl (C=O) groups is 2. The fourth-order valence-electron chi connectivity index (χ4n) is 2.45. The number of benzene rings is 1. The van der Waals surface area contributed by atoms with Crippen molar-refractivity contribution in [2.24, 2.45) is 5.92 Å².